The van der Waals surface area contributed by atoms with Crippen molar-refractivity contribution in [3.05, 3.63) is 117 Å². The van der Waals surface area contributed by atoms with Crippen LogP contribution in [0, 0.1) is 5.92 Å². The quantitative estimate of drug-likeness (QED) is 0.276. The minimum Gasteiger partial charge on any atom is -0.486 e. The lowest BCUT2D eigenvalue weighted by Crippen LogP contribution is -2.41. The van der Waals surface area contributed by atoms with Gasteiger partial charge in [-0.1, -0.05) is 80.6 Å². The maximum Gasteiger partial charge on any atom is 0.271 e. The molecule has 5 rings (SSSR count). The van der Waals surface area contributed by atoms with E-state index in [1.807, 2.05) is 59.5 Å². The highest BCUT2D eigenvalue weighted by atomic mass is 32.1. The predicted octanol–water partition coefficient (Wildman–Crippen LogP) is 6.17. The van der Waals surface area contributed by atoms with Gasteiger partial charge in [0.2, 0.25) is 5.91 Å². The molecule has 7 heteroatoms. The van der Waals surface area contributed by atoms with Gasteiger partial charge in [0.25, 0.3) is 5.91 Å². The molecule has 1 aromatic heterocycles. The number of carbonyl (C=O) groups is 2. The number of thiazole rings is 1. The van der Waals surface area contributed by atoms with Crippen LogP contribution in [-0.2, 0) is 24.4 Å². The lowest BCUT2D eigenvalue weighted by atomic mass is 9.87. The standard InChI is InChI=1S/C32H33N3O3S/c1-22(2)17-30(36)35-16-15-24-13-14-26(18-27(24)31(35)25-11-7-4-8-12-25)38-20-29-34-28(21-39-29)32(37)33-19-23-9-5-3-6-10-23/h3-14,18,21-22,31H,15-17,19-20H2,1-2H3,(H,33,37)/t31-/m0/s1. The molecule has 1 N–H and O–H groups in total. The lowest BCUT2D eigenvalue weighted by molar-refractivity contribution is -0.134. The Kier molecular flexibility index (Phi) is 8.37. The molecule has 0 saturated heterocycles. The molecule has 4 aromatic rings. The maximum absolute atomic E-state index is 13.2. The van der Waals surface area contributed by atoms with Crippen LogP contribution >= 0.6 is 11.3 Å². The molecule has 2 heterocycles. The van der Waals surface area contributed by atoms with Crippen LogP contribution in [0.3, 0.4) is 0 Å². The Morgan fingerprint density at radius 2 is 1.79 bits per heavy atom. The van der Waals surface area contributed by atoms with Crippen LogP contribution in [0.2, 0.25) is 0 Å². The number of aromatic nitrogens is 1. The Balaban J connectivity index is 1.29. The van der Waals surface area contributed by atoms with Gasteiger partial charge in [0, 0.05) is 24.9 Å². The van der Waals surface area contributed by atoms with Crippen LogP contribution in [0.5, 0.6) is 5.75 Å². The fourth-order valence-corrected chi connectivity index (χ4v) is 5.59. The summed E-state index contributed by atoms with van der Waals surface area (Å²) in [6.45, 7) is 5.58. The van der Waals surface area contributed by atoms with Crippen molar-refractivity contribution >= 4 is 23.2 Å². The Bertz CT molecular complexity index is 1420. The topological polar surface area (TPSA) is 71.5 Å². The number of rotatable bonds is 9. The van der Waals surface area contributed by atoms with Crippen LogP contribution in [0.25, 0.3) is 0 Å². The molecular weight excluding hydrogens is 506 g/mol. The van der Waals surface area contributed by atoms with Crippen molar-refractivity contribution in [2.24, 2.45) is 5.92 Å². The number of amides is 2. The second kappa shape index (κ2) is 12.3. The van der Waals surface area contributed by atoms with Crippen LogP contribution in [0.15, 0.2) is 84.2 Å². The maximum atomic E-state index is 13.2. The van der Waals surface area contributed by atoms with E-state index in [9.17, 15) is 9.59 Å². The molecule has 0 unspecified atom stereocenters. The van der Waals surface area contributed by atoms with Gasteiger partial charge in [-0.3, -0.25) is 9.59 Å². The summed E-state index contributed by atoms with van der Waals surface area (Å²) in [4.78, 5) is 32.3. The van der Waals surface area contributed by atoms with E-state index in [1.165, 1.54) is 16.9 Å². The van der Waals surface area contributed by atoms with E-state index in [0.717, 1.165) is 33.9 Å². The molecule has 0 spiro atoms. The van der Waals surface area contributed by atoms with E-state index in [2.05, 4.69) is 48.4 Å². The zero-order chi connectivity index (χ0) is 27.2. The highest BCUT2D eigenvalue weighted by molar-refractivity contribution is 7.09. The number of carbonyl (C=O) groups excluding carboxylic acids is 2. The van der Waals surface area contributed by atoms with Crippen LogP contribution in [0.1, 0.15) is 64.1 Å². The van der Waals surface area contributed by atoms with Crippen molar-refractivity contribution < 1.29 is 14.3 Å². The molecule has 2 amide bonds. The Hall–Kier alpha value is -3.97. The molecule has 6 nitrogen and oxygen atoms in total. The summed E-state index contributed by atoms with van der Waals surface area (Å²) in [7, 11) is 0. The SMILES string of the molecule is CC(C)CC(=O)N1CCc2ccc(OCc3nc(C(=O)NCc4ccccc4)cs3)cc2[C@@H]1c1ccccc1. The summed E-state index contributed by atoms with van der Waals surface area (Å²) in [6.07, 6.45) is 1.34. The number of ether oxygens (including phenoxy) is 1. The molecule has 0 aliphatic carbocycles. The minimum atomic E-state index is -0.202. The Morgan fingerprint density at radius 3 is 2.54 bits per heavy atom. The van der Waals surface area contributed by atoms with E-state index >= 15 is 0 Å². The van der Waals surface area contributed by atoms with Gasteiger partial charge in [0.05, 0.1) is 6.04 Å². The van der Waals surface area contributed by atoms with Crippen molar-refractivity contribution in [1.82, 2.24) is 15.2 Å². The van der Waals surface area contributed by atoms with E-state index in [4.69, 9.17) is 4.74 Å². The van der Waals surface area contributed by atoms with Crippen LogP contribution in [-0.4, -0.2) is 28.2 Å². The van der Waals surface area contributed by atoms with Gasteiger partial charge in [0.15, 0.2) is 0 Å². The number of benzene rings is 3. The molecular formula is C32H33N3O3S. The number of nitrogens with one attached hydrogen (secondary N) is 1. The van der Waals surface area contributed by atoms with E-state index in [-0.39, 0.29) is 24.5 Å². The van der Waals surface area contributed by atoms with Crippen LogP contribution < -0.4 is 10.1 Å². The zero-order valence-corrected chi connectivity index (χ0v) is 23.1. The van der Waals surface area contributed by atoms with Gasteiger partial charge in [-0.25, -0.2) is 4.98 Å². The van der Waals surface area contributed by atoms with Crippen LogP contribution in [0.4, 0.5) is 0 Å². The largest absolute Gasteiger partial charge is 0.486 e. The van der Waals surface area contributed by atoms with Crippen molar-refractivity contribution in [2.75, 3.05) is 6.54 Å². The molecule has 1 aliphatic rings. The Labute approximate surface area is 233 Å². The average Bonchev–Trinajstić information content (AvgIpc) is 3.44. The summed E-state index contributed by atoms with van der Waals surface area (Å²) in [6, 6.07) is 26.0. The van der Waals surface area contributed by atoms with E-state index in [1.54, 1.807) is 5.38 Å². The molecule has 200 valence electrons. The number of hydrogen-bond acceptors (Lipinski definition) is 5. The average molecular weight is 540 g/mol. The van der Waals surface area contributed by atoms with E-state index in [0.29, 0.717) is 31.1 Å². The third-order valence-corrected chi connectivity index (χ3v) is 7.63. The summed E-state index contributed by atoms with van der Waals surface area (Å²) < 4.78 is 6.14. The third kappa shape index (κ3) is 6.55. The number of hydrogen-bond donors (Lipinski definition) is 1. The molecule has 1 atom stereocenters. The fourth-order valence-electron chi connectivity index (χ4n) is 4.91. The molecule has 0 fully saturated rings. The van der Waals surface area contributed by atoms with Gasteiger partial charge in [0.1, 0.15) is 23.1 Å². The van der Waals surface area contributed by atoms with Gasteiger partial charge < -0.3 is 15.0 Å². The van der Waals surface area contributed by atoms with Crippen molar-refractivity contribution in [3.8, 4) is 5.75 Å². The first-order valence-electron chi connectivity index (χ1n) is 13.3. The minimum absolute atomic E-state index is 0.149. The molecule has 0 bridgehead atoms. The first-order valence-corrected chi connectivity index (χ1v) is 14.2. The number of fused-ring (bicyclic) bond motifs is 1. The predicted molar refractivity (Wildman–Crippen MR) is 154 cm³/mol. The highest BCUT2D eigenvalue weighted by Crippen LogP contribution is 2.38. The lowest BCUT2D eigenvalue weighted by Gasteiger charge is -2.38. The first kappa shape index (κ1) is 26.6. The van der Waals surface area contributed by atoms with E-state index < -0.39 is 0 Å². The van der Waals surface area contributed by atoms with Gasteiger partial charge in [-0.05, 0) is 46.7 Å². The van der Waals surface area contributed by atoms with Crippen molar-refractivity contribution in [2.45, 2.75) is 45.9 Å². The van der Waals surface area contributed by atoms with Gasteiger partial charge in [-0.15, -0.1) is 11.3 Å². The van der Waals surface area contributed by atoms with Gasteiger partial charge >= 0.3 is 0 Å². The Morgan fingerprint density at radius 1 is 1.05 bits per heavy atom. The van der Waals surface area contributed by atoms with Crippen molar-refractivity contribution in [3.63, 3.8) is 0 Å². The monoisotopic (exact) mass is 539 g/mol. The third-order valence-electron chi connectivity index (χ3n) is 6.81. The summed E-state index contributed by atoms with van der Waals surface area (Å²) in [5.41, 5.74) is 4.86. The number of nitrogens with zero attached hydrogens (tertiary/aromatic N) is 2. The van der Waals surface area contributed by atoms with Crippen molar-refractivity contribution in [1.29, 1.82) is 0 Å². The second-order valence-electron chi connectivity index (χ2n) is 10.2. The summed E-state index contributed by atoms with van der Waals surface area (Å²) >= 11 is 1.41. The highest BCUT2D eigenvalue weighted by Gasteiger charge is 2.32. The second-order valence-corrected chi connectivity index (χ2v) is 11.1. The molecule has 39 heavy (non-hydrogen) atoms. The smallest absolute Gasteiger partial charge is 0.271 e. The zero-order valence-electron chi connectivity index (χ0n) is 22.3. The normalized spacial score (nSPS) is 14.6. The molecule has 0 radical (unpaired) electrons. The van der Waals surface area contributed by atoms with Gasteiger partial charge in [-0.2, -0.15) is 0 Å². The molecule has 3 aromatic carbocycles. The molecule has 1 aliphatic heterocycles. The first-order chi connectivity index (χ1) is 19.0. The molecule has 0 saturated carbocycles. The summed E-state index contributed by atoms with van der Waals surface area (Å²) in [5.74, 6) is 0.996. The fraction of sp³-hybridized carbons (Fsp3) is 0.281. The summed E-state index contributed by atoms with van der Waals surface area (Å²) in [5, 5.41) is 5.40.